The first-order valence-electron chi connectivity index (χ1n) is 7.09. The van der Waals surface area contributed by atoms with E-state index < -0.39 is 12.6 Å². The zero-order valence-corrected chi connectivity index (χ0v) is 14.7. The van der Waals surface area contributed by atoms with Crippen LogP contribution in [0.5, 0.6) is 11.5 Å². The molecule has 0 unspecified atom stereocenters. The van der Waals surface area contributed by atoms with Gasteiger partial charge in [-0.2, -0.15) is 0 Å². The second-order valence-corrected chi connectivity index (χ2v) is 5.75. The molecular formula is C18H13BrFO5-. The van der Waals surface area contributed by atoms with Gasteiger partial charge in [0.1, 0.15) is 12.4 Å². The molecule has 0 aromatic heterocycles. The highest BCUT2D eigenvalue weighted by atomic mass is 79.9. The highest BCUT2D eigenvalue weighted by Crippen LogP contribution is 2.28. The van der Waals surface area contributed by atoms with Gasteiger partial charge in [-0.05, 0) is 57.9 Å². The molecule has 0 aliphatic heterocycles. The average molecular weight is 408 g/mol. The monoisotopic (exact) mass is 407 g/mol. The van der Waals surface area contributed by atoms with Crippen LogP contribution in [0.25, 0.3) is 6.08 Å². The number of carboxylic acids is 1. The van der Waals surface area contributed by atoms with Crippen molar-refractivity contribution in [2.45, 2.75) is 0 Å². The lowest BCUT2D eigenvalue weighted by Gasteiger charge is -2.11. The lowest BCUT2D eigenvalue weighted by atomic mass is 10.1. The predicted molar refractivity (Wildman–Crippen MR) is 91.0 cm³/mol. The van der Waals surface area contributed by atoms with Crippen molar-refractivity contribution in [3.8, 4) is 11.5 Å². The van der Waals surface area contributed by atoms with E-state index in [4.69, 9.17) is 9.47 Å². The van der Waals surface area contributed by atoms with Gasteiger partial charge in [0.25, 0.3) is 0 Å². The van der Waals surface area contributed by atoms with E-state index in [2.05, 4.69) is 15.9 Å². The van der Waals surface area contributed by atoms with Crippen LogP contribution in [0.3, 0.4) is 0 Å². The Hall–Kier alpha value is -2.67. The summed E-state index contributed by atoms with van der Waals surface area (Å²) in [5.74, 6) is -1.64. The van der Waals surface area contributed by atoms with E-state index >= 15 is 0 Å². The van der Waals surface area contributed by atoms with Crippen molar-refractivity contribution in [1.29, 1.82) is 0 Å². The van der Waals surface area contributed by atoms with E-state index in [1.54, 1.807) is 18.2 Å². The molecular weight excluding hydrogens is 395 g/mol. The number of halogens is 2. The van der Waals surface area contributed by atoms with Gasteiger partial charge >= 0.3 is 0 Å². The van der Waals surface area contributed by atoms with Crippen LogP contribution in [0.15, 0.2) is 46.9 Å². The average Bonchev–Trinajstić information content (AvgIpc) is 2.60. The van der Waals surface area contributed by atoms with E-state index in [1.807, 2.05) is 0 Å². The van der Waals surface area contributed by atoms with Crippen LogP contribution >= 0.6 is 15.9 Å². The van der Waals surface area contributed by atoms with E-state index in [1.165, 1.54) is 37.5 Å². The van der Waals surface area contributed by atoms with Gasteiger partial charge in [0, 0.05) is 5.56 Å². The van der Waals surface area contributed by atoms with Crippen molar-refractivity contribution in [1.82, 2.24) is 0 Å². The molecule has 130 valence electrons. The molecule has 0 saturated carbocycles. The molecule has 0 radical (unpaired) electrons. The summed E-state index contributed by atoms with van der Waals surface area (Å²) < 4.78 is 23.6. The zero-order chi connectivity index (χ0) is 18.4. The molecule has 0 aliphatic rings. The fourth-order valence-corrected chi connectivity index (χ4v) is 2.36. The first kappa shape index (κ1) is 18.7. The van der Waals surface area contributed by atoms with Gasteiger partial charge in [0.05, 0.1) is 17.6 Å². The second-order valence-electron chi connectivity index (χ2n) is 4.90. The molecule has 0 bridgehead atoms. The number of ketones is 1. The number of carbonyl (C=O) groups excluding carboxylic acids is 2. The van der Waals surface area contributed by atoms with Gasteiger partial charge < -0.3 is 19.4 Å². The number of rotatable bonds is 7. The molecule has 2 aromatic carbocycles. The van der Waals surface area contributed by atoms with Crippen LogP contribution in [0.1, 0.15) is 15.9 Å². The van der Waals surface area contributed by atoms with Gasteiger partial charge in [-0.15, -0.1) is 0 Å². The lowest BCUT2D eigenvalue weighted by molar-refractivity contribution is -0.307. The number of methoxy groups -OCH3 is 1. The summed E-state index contributed by atoms with van der Waals surface area (Å²) in [6.45, 7) is -0.622. The highest BCUT2D eigenvalue weighted by Gasteiger charge is 2.10. The van der Waals surface area contributed by atoms with Crippen LogP contribution < -0.4 is 14.6 Å². The van der Waals surface area contributed by atoms with Gasteiger partial charge in [0.15, 0.2) is 17.3 Å². The standard InChI is InChI=1S/C18H14BrFO5/c1-24-17-9-12(4-7-16(17)25-10-18(22)23)15(21)6-3-11-2-5-14(20)13(19)8-11/h2-9H,10H2,1H3,(H,22,23)/p-1/b6-3+. The summed E-state index contributed by atoms with van der Waals surface area (Å²) in [5.41, 5.74) is 0.984. The Morgan fingerprint density at radius 1 is 1.20 bits per heavy atom. The maximum atomic E-state index is 13.2. The van der Waals surface area contributed by atoms with E-state index in [9.17, 15) is 19.1 Å². The number of allylic oxidation sites excluding steroid dienone is 1. The van der Waals surface area contributed by atoms with E-state index in [0.717, 1.165) is 0 Å². The minimum Gasteiger partial charge on any atom is -0.546 e. The lowest BCUT2D eigenvalue weighted by Crippen LogP contribution is -2.29. The Labute approximate surface area is 151 Å². The summed E-state index contributed by atoms with van der Waals surface area (Å²) in [7, 11) is 1.38. The molecule has 0 N–H and O–H groups in total. The van der Waals surface area contributed by atoms with E-state index in [0.29, 0.717) is 15.6 Å². The fourth-order valence-electron chi connectivity index (χ4n) is 1.96. The zero-order valence-electron chi connectivity index (χ0n) is 13.1. The molecule has 5 nitrogen and oxygen atoms in total. The molecule has 0 amide bonds. The number of ether oxygens (including phenoxy) is 2. The Morgan fingerprint density at radius 3 is 2.60 bits per heavy atom. The number of carbonyl (C=O) groups is 2. The van der Waals surface area contributed by atoms with E-state index in [-0.39, 0.29) is 23.1 Å². The largest absolute Gasteiger partial charge is 0.546 e. The topological polar surface area (TPSA) is 75.7 Å². The number of hydrogen-bond acceptors (Lipinski definition) is 5. The highest BCUT2D eigenvalue weighted by molar-refractivity contribution is 9.10. The third kappa shape index (κ3) is 5.15. The third-order valence-corrected chi connectivity index (χ3v) is 3.77. The molecule has 0 heterocycles. The van der Waals surface area contributed by atoms with Crippen molar-refractivity contribution < 1.29 is 28.6 Å². The molecule has 0 fully saturated rings. The molecule has 25 heavy (non-hydrogen) atoms. The molecule has 0 atom stereocenters. The Kier molecular flexibility index (Phi) is 6.30. The molecule has 2 aromatic rings. The van der Waals surface area contributed by atoms with Gasteiger partial charge in [-0.1, -0.05) is 12.1 Å². The SMILES string of the molecule is COc1cc(C(=O)/C=C/c2ccc(F)c(Br)c2)ccc1OCC(=O)[O-]. The van der Waals surface area contributed by atoms with Crippen molar-refractivity contribution in [3.63, 3.8) is 0 Å². The summed E-state index contributed by atoms with van der Waals surface area (Å²) in [4.78, 5) is 22.7. The molecule has 0 spiro atoms. The number of hydrogen-bond donors (Lipinski definition) is 0. The number of carboxylic acid groups (broad SMARTS) is 1. The van der Waals surface area contributed by atoms with Crippen molar-refractivity contribution in [2.24, 2.45) is 0 Å². The molecule has 7 heteroatoms. The van der Waals surface area contributed by atoms with Crippen LogP contribution in [0, 0.1) is 5.82 Å². The number of aliphatic carboxylic acids is 1. The Balaban J connectivity index is 2.16. The summed E-state index contributed by atoms with van der Waals surface area (Å²) >= 11 is 3.08. The summed E-state index contributed by atoms with van der Waals surface area (Å²) in [6, 6.07) is 8.76. The summed E-state index contributed by atoms with van der Waals surface area (Å²) in [6.07, 6.45) is 2.90. The molecule has 0 aliphatic carbocycles. The fraction of sp³-hybridized carbons (Fsp3) is 0.111. The van der Waals surface area contributed by atoms with Gasteiger partial charge in [-0.3, -0.25) is 4.79 Å². The number of benzene rings is 2. The molecule has 2 rings (SSSR count). The second kappa shape index (κ2) is 8.43. The van der Waals surface area contributed by atoms with Crippen LogP contribution in [0.2, 0.25) is 0 Å². The minimum atomic E-state index is -1.37. The van der Waals surface area contributed by atoms with Crippen LogP contribution in [-0.4, -0.2) is 25.5 Å². The predicted octanol–water partition coefficient (Wildman–Crippen LogP) is 2.62. The molecule has 0 saturated heterocycles. The minimum absolute atomic E-state index is 0.190. The van der Waals surface area contributed by atoms with Gasteiger partial charge in [-0.25, -0.2) is 4.39 Å². The van der Waals surface area contributed by atoms with Crippen molar-refractivity contribution in [3.05, 3.63) is 63.9 Å². The summed E-state index contributed by atoms with van der Waals surface area (Å²) in [5, 5.41) is 10.4. The quantitative estimate of drug-likeness (QED) is 0.520. The maximum absolute atomic E-state index is 13.2. The maximum Gasteiger partial charge on any atom is 0.185 e. The van der Waals surface area contributed by atoms with Gasteiger partial charge in [0.2, 0.25) is 0 Å². The smallest absolute Gasteiger partial charge is 0.185 e. The third-order valence-electron chi connectivity index (χ3n) is 3.16. The Morgan fingerprint density at radius 2 is 1.96 bits per heavy atom. The van der Waals surface area contributed by atoms with Crippen molar-refractivity contribution >= 4 is 33.8 Å². The Bertz CT molecular complexity index is 832. The van der Waals surface area contributed by atoms with Crippen LogP contribution in [0.4, 0.5) is 4.39 Å². The van der Waals surface area contributed by atoms with Crippen molar-refractivity contribution in [2.75, 3.05) is 13.7 Å². The first-order valence-corrected chi connectivity index (χ1v) is 7.88. The van der Waals surface area contributed by atoms with Crippen LogP contribution in [-0.2, 0) is 4.79 Å². The first-order chi connectivity index (χ1) is 11.9. The normalized spacial score (nSPS) is 10.7.